The van der Waals surface area contributed by atoms with E-state index in [1.54, 1.807) is 36.4 Å². The molecular formula is C24H21ClN2O6S. The second-order valence-corrected chi connectivity index (χ2v) is 8.93. The fourth-order valence-electron chi connectivity index (χ4n) is 2.96. The molecule has 0 aliphatic rings. The second kappa shape index (κ2) is 10.9. The number of hydrogen-bond acceptors (Lipinski definition) is 6. The first-order valence-electron chi connectivity index (χ1n) is 9.87. The lowest BCUT2D eigenvalue weighted by Crippen LogP contribution is -2.19. The van der Waals surface area contributed by atoms with Crippen LogP contribution in [-0.4, -0.2) is 34.5 Å². The van der Waals surface area contributed by atoms with Crippen LogP contribution in [0.4, 0.5) is 11.4 Å². The minimum atomic E-state index is -4.10. The second-order valence-electron chi connectivity index (χ2n) is 6.85. The van der Waals surface area contributed by atoms with E-state index in [1.807, 2.05) is 0 Å². The van der Waals surface area contributed by atoms with Crippen LogP contribution in [0.3, 0.4) is 0 Å². The quantitative estimate of drug-likeness (QED) is 0.346. The van der Waals surface area contributed by atoms with E-state index < -0.39 is 21.9 Å². The van der Waals surface area contributed by atoms with E-state index in [4.69, 9.17) is 16.3 Å². The van der Waals surface area contributed by atoms with Gasteiger partial charge in [0.1, 0.15) is 5.75 Å². The highest BCUT2D eigenvalue weighted by molar-refractivity contribution is 7.92. The van der Waals surface area contributed by atoms with Gasteiger partial charge in [0.25, 0.3) is 15.9 Å². The van der Waals surface area contributed by atoms with Gasteiger partial charge in [0, 0.05) is 11.6 Å². The molecule has 0 atom stereocenters. The number of rotatable bonds is 8. The Morgan fingerprint density at radius 2 is 1.62 bits per heavy atom. The summed E-state index contributed by atoms with van der Waals surface area (Å²) in [7, 11) is -1.45. The molecule has 0 heterocycles. The van der Waals surface area contributed by atoms with E-state index in [9.17, 15) is 18.0 Å². The fraction of sp³-hybridized carbons (Fsp3) is 0.0833. The molecule has 3 aromatic rings. The third-order valence-electron chi connectivity index (χ3n) is 4.65. The molecule has 3 rings (SSSR count). The molecule has 3 aromatic carbocycles. The van der Waals surface area contributed by atoms with Gasteiger partial charge in [0.05, 0.1) is 41.1 Å². The van der Waals surface area contributed by atoms with Gasteiger partial charge in [0.15, 0.2) is 0 Å². The van der Waals surface area contributed by atoms with Crippen molar-refractivity contribution in [2.24, 2.45) is 0 Å². The Hall–Kier alpha value is -3.82. The van der Waals surface area contributed by atoms with Gasteiger partial charge in [-0.25, -0.2) is 13.2 Å². The van der Waals surface area contributed by atoms with E-state index in [0.717, 1.165) is 6.08 Å². The normalized spacial score (nSPS) is 11.1. The van der Waals surface area contributed by atoms with Crippen LogP contribution >= 0.6 is 11.6 Å². The molecule has 0 spiro atoms. The van der Waals surface area contributed by atoms with Crippen LogP contribution in [0.25, 0.3) is 6.08 Å². The van der Waals surface area contributed by atoms with Gasteiger partial charge in [-0.05, 0) is 48.5 Å². The maximum absolute atomic E-state index is 13.1. The average molecular weight is 501 g/mol. The van der Waals surface area contributed by atoms with Crippen LogP contribution < -0.4 is 14.8 Å². The van der Waals surface area contributed by atoms with Crippen molar-refractivity contribution in [3.63, 3.8) is 0 Å². The first-order valence-corrected chi connectivity index (χ1v) is 11.7. The lowest BCUT2D eigenvalue weighted by molar-refractivity contribution is -0.134. The number of methoxy groups -OCH3 is 2. The van der Waals surface area contributed by atoms with E-state index >= 15 is 0 Å². The third kappa shape index (κ3) is 5.94. The van der Waals surface area contributed by atoms with Crippen molar-refractivity contribution in [3.8, 4) is 5.75 Å². The maximum Gasteiger partial charge on any atom is 0.330 e. The fourth-order valence-corrected chi connectivity index (χ4v) is 4.26. The number of ether oxygens (including phenoxy) is 2. The highest BCUT2D eigenvalue weighted by Gasteiger charge is 2.20. The summed E-state index contributed by atoms with van der Waals surface area (Å²) >= 11 is 6.11. The van der Waals surface area contributed by atoms with Gasteiger partial charge in [0.2, 0.25) is 0 Å². The molecule has 0 aliphatic heterocycles. The standard InChI is InChI=1S/C24H21ClN2O6S/c1-32-22-13-12-17(15-16(22)11-14-23(28)33-2)34(30,31)27-20-9-5-3-7-18(20)24(29)26-21-10-6-4-8-19(21)25/h3-15,27H,1-2H3,(H,26,29)/b14-11+. The molecule has 0 fully saturated rings. The molecule has 0 bridgehead atoms. The van der Waals surface area contributed by atoms with Gasteiger partial charge >= 0.3 is 5.97 Å². The van der Waals surface area contributed by atoms with Gasteiger partial charge in [-0.1, -0.05) is 35.9 Å². The van der Waals surface area contributed by atoms with E-state index in [0.29, 0.717) is 22.0 Å². The van der Waals surface area contributed by atoms with Crippen LogP contribution in [0.15, 0.2) is 77.7 Å². The number of esters is 1. The number of carbonyl (C=O) groups excluding carboxylic acids is 2. The van der Waals surface area contributed by atoms with Crippen molar-refractivity contribution >= 4 is 51.0 Å². The zero-order valence-electron chi connectivity index (χ0n) is 18.2. The van der Waals surface area contributed by atoms with Gasteiger partial charge in [-0.2, -0.15) is 0 Å². The van der Waals surface area contributed by atoms with Crippen LogP contribution in [0.2, 0.25) is 5.02 Å². The molecule has 10 heteroatoms. The summed E-state index contributed by atoms with van der Waals surface area (Å²) < 4.78 is 38.5. The summed E-state index contributed by atoms with van der Waals surface area (Å²) in [6.45, 7) is 0. The summed E-state index contributed by atoms with van der Waals surface area (Å²) in [5.41, 5.74) is 0.921. The Morgan fingerprint density at radius 1 is 0.941 bits per heavy atom. The lowest BCUT2D eigenvalue weighted by atomic mass is 10.1. The summed E-state index contributed by atoms with van der Waals surface area (Å²) in [6, 6.07) is 17.0. The molecule has 1 amide bonds. The minimum Gasteiger partial charge on any atom is -0.496 e. The average Bonchev–Trinajstić information content (AvgIpc) is 2.83. The summed E-state index contributed by atoms with van der Waals surface area (Å²) in [6.07, 6.45) is 2.53. The van der Waals surface area contributed by atoms with Crippen LogP contribution in [0, 0.1) is 0 Å². The minimum absolute atomic E-state index is 0.0783. The number of nitrogens with one attached hydrogen (secondary N) is 2. The Morgan fingerprint density at radius 3 is 2.29 bits per heavy atom. The monoisotopic (exact) mass is 500 g/mol. The lowest BCUT2D eigenvalue weighted by Gasteiger charge is -2.14. The topological polar surface area (TPSA) is 111 Å². The van der Waals surface area contributed by atoms with Crippen LogP contribution in [-0.2, 0) is 19.6 Å². The molecule has 0 radical (unpaired) electrons. The van der Waals surface area contributed by atoms with Crippen molar-refractivity contribution in [2.75, 3.05) is 24.3 Å². The summed E-state index contributed by atoms with van der Waals surface area (Å²) in [5, 5.41) is 3.02. The first kappa shape index (κ1) is 24.8. The molecule has 0 unspecified atom stereocenters. The smallest absolute Gasteiger partial charge is 0.330 e. The van der Waals surface area contributed by atoms with Gasteiger partial charge < -0.3 is 14.8 Å². The molecule has 0 aliphatic carbocycles. The number of hydrogen-bond donors (Lipinski definition) is 2. The predicted molar refractivity (Wildman–Crippen MR) is 131 cm³/mol. The Bertz CT molecular complexity index is 1360. The molecule has 0 saturated heterocycles. The molecular weight excluding hydrogens is 480 g/mol. The number of sulfonamides is 1. The van der Waals surface area contributed by atoms with E-state index in [-0.39, 0.29) is 16.1 Å². The number of anilines is 2. The number of amides is 1. The van der Waals surface area contributed by atoms with Gasteiger partial charge in [-0.3, -0.25) is 9.52 Å². The zero-order chi connectivity index (χ0) is 24.7. The number of para-hydroxylation sites is 2. The Labute approximate surface area is 202 Å². The molecule has 176 valence electrons. The third-order valence-corrected chi connectivity index (χ3v) is 6.34. The summed E-state index contributed by atoms with van der Waals surface area (Å²) in [5.74, 6) is -0.784. The van der Waals surface area contributed by atoms with Crippen LogP contribution in [0.5, 0.6) is 5.75 Å². The highest BCUT2D eigenvalue weighted by atomic mass is 35.5. The van der Waals surface area contributed by atoms with Crippen molar-refractivity contribution in [1.29, 1.82) is 0 Å². The zero-order valence-corrected chi connectivity index (χ0v) is 19.8. The molecule has 0 saturated carbocycles. The molecule has 0 aromatic heterocycles. The summed E-state index contributed by atoms with van der Waals surface area (Å²) in [4.78, 5) is 24.2. The predicted octanol–water partition coefficient (Wildman–Crippen LogP) is 4.59. The van der Waals surface area contributed by atoms with Crippen molar-refractivity contribution in [2.45, 2.75) is 4.90 Å². The van der Waals surface area contributed by atoms with Gasteiger partial charge in [-0.15, -0.1) is 0 Å². The largest absolute Gasteiger partial charge is 0.496 e. The maximum atomic E-state index is 13.1. The SMILES string of the molecule is COC(=O)/C=C/c1cc(S(=O)(=O)Nc2ccccc2C(=O)Nc2ccccc2Cl)ccc1OC. The molecule has 2 N–H and O–H groups in total. The van der Waals surface area contributed by atoms with E-state index in [1.165, 1.54) is 50.6 Å². The van der Waals surface area contributed by atoms with E-state index in [2.05, 4.69) is 14.8 Å². The van der Waals surface area contributed by atoms with Crippen molar-refractivity contribution in [3.05, 3.63) is 89.0 Å². The molecule has 34 heavy (non-hydrogen) atoms. The number of carbonyl (C=O) groups is 2. The van der Waals surface area contributed by atoms with Crippen molar-refractivity contribution in [1.82, 2.24) is 0 Å². The molecule has 8 nitrogen and oxygen atoms in total. The van der Waals surface area contributed by atoms with Crippen LogP contribution in [0.1, 0.15) is 15.9 Å². The van der Waals surface area contributed by atoms with Crippen molar-refractivity contribution < 1.29 is 27.5 Å². The highest BCUT2D eigenvalue weighted by Crippen LogP contribution is 2.27. The number of benzene rings is 3. The Kier molecular flexibility index (Phi) is 7.93. The number of halogens is 1. The first-order chi connectivity index (χ1) is 16.2. The Balaban J connectivity index is 1.91.